The molecule has 0 aliphatic rings. The fourth-order valence-corrected chi connectivity index (χ4v) is 1.65. The van der Waals surface area contributed by atoms with E-state index in [2.05, 4.69) is 5.32 Å². The average molecular weight is 282 g/mol. The average Bonchev–Trinajstić information content (AvgIpc) is 2.29. The summed E-state index contributed by atoms with van der Waals surface area (Å²) in [5, 5.41) is 2.71. The number of anilines is 1. The van der Waals surface area contributed by atoms with Crippen molar-refractivity contribution in [1.29, 1.82) is 0 Å². The molecule has 1 rings (SSSR count). The number of ether oxygens (including phenoxy) is 1. The molecule has 0 atom stereocenters. The third kappa shape index (κ3) is 5.04. The predicted molar refractivity (Wildman–Crippen MR) is 66.3 cm³/mol. The van der Waals surface area contributed by atoms with Gasteiger partial charge in [-0.1, -0.05) is 0 Å². The molecule has 0 amide bonds. The van der Waals surface area contributed by atoms with E-state index in [0.29, 0.717) is 18.0 Å². The first kappa shape index (κ1) is 15.0. The predicted octanol–water partition coefficient (Wildman–Crippen LogP) is 4.19. The summed E-state index contributed by atoms with van der Waals surface area (Å²) < 4.78 is 41.3. The molecule has 0 aromatic heterocycles. The number of rotatable bonds is 6. The van der Waals surface area contributed by atoms with E-state index in [1.165, 1.54) is 0 Å². The van der Waals surface area contributed by atoms with Crippen LogP contribution in [-0.2, 0) is 5.88 Å². The maximum atomic E-state index is 12.0. The summed E-state index contributed by atoms with van der Waals surface area (Å²) in [6.45, 7) is 2.22. The summed E-state index contributed by atoms with van der Waals surface area (Å²) in [6.07, 6.45) is -5.01. The molecule has 0 aliphatic heterocycles. The second-order valence-electron chi connectivity index (χ2n) is 3.68. The topological polar surface area (TPSA) is 21.3 Å². The minimum absolute atomic E-state index is 0.154. The van der Waals surface area contributed by atoms with Gasteiger partial charge in [0.15, 0.2) is 0 Å². The van der Waals surface area contributed by atoms with E-state index in [4.69, 9.17) is 16.3 Å². The molecule has 0 fully saturated rings. The van der Waals surface area contributed by atoms with Crippen molar-refractivity contribution in [3.8, 4) is 5.75 Å². The number of hydrogen-bond acceptors (Lipinski definition) is 2. The highest BCUT2D eigenvalue weighted by Crippen LogP contribution is 2.25. The van der Waals surface area contributed by atoms with Gasteiger partial charge in [-0.2, -0.15) is 13.2 Å². The molecule has 0 radical (unpaired) electrons. The van der Waals surface area contributed by atoms with Gasteiger partial charge in [-0.25, -0.2) is 0 Å². The van der Waals surface area contributed by atoms with Crippen molar-refractivity contribution in [2.24, 2.45) is 0 Å². The molecule has 0 saturated carbocycles. The first-order valence-corrected chi connectivity index (χ1v) is 6.12. The summed E-state index contributed by atoms with van der Waals surface area (Å²) >= 11 is 5.76. The lowest BCUT2D eigenvalue weighted by molar-refractivity contribution is -0.131. The summed E-state index contributed by atoms with van der Waals surface area (Å²) in [5.74, 6) is 0.915. The number of alkyl halides is 4. The van der Waals surface area contributed by atoms with Crippen LogP contribution in [0.2, 0.25) is 0 Å². The molecule has 0 heterocycles. The third-order valence-electron chi connectivity index (χ3n) is 2.24. The second kappa shape index (κ2) is 6.73. The Balaban J connectivity index is 2.62. The zero-order valence-electron chi connectivity index (χ0n) is 9.98. The van der Waals surface area contributed by atoms with Crippen molar-refractivity contribution in [2.75, 3.05) is 18.5 Å². The molecular weight excluding hydrogens is 267 g/mol. The van der Waals surface area contributed by atoms with Gasteiger partial charge in [0.2, 0.25) is 0 Å². The number of halogens is 4. The monoisotopic (exact) mass is 281 g/mol. The number of hydrogen-bond donors (Lipinski definition) is 1. The van der Waals surface area contributed by atoms with Crippen molar-refractivity contribution in [3.05, 3.63) is 23.8 Å². The second-order valence-corrected chi connectivity index (χ2v) is 3.95. The highest BCUT2D eigenvalue weighted by atomic mass is 35.5. The van der Waals surface area contributed by atoms with E-state index in [1.807, 2.05) is 6.92 Å². The summed E-state index contributed by atoms with van der Waals surface area (Å²) in [5.41, 5.74) is 1.37. The Labute approximate surface area is 109 Å². The molecule has 18 heavy (non-hydrogen) atoms. The molecule has 0 unspecified atom stereocenters. The number of nitrogens with one attached hydrogen (secondary N) is 1. The van der Waals surface area contributed by atoms with Gasteiger partial charge in [0, 0.05) is 17.8 Å². The van der Waals surface area contributed by atoms with E-state index < -0.39 is 12.6 Å². The fraction of sp³-hybridized carbons (Fsp3) is 0.500. The lowest BCUT2D eigenvalue weighted by Crippen LogP contribution is -2.14. The Morgan fingerprint density at radius 2 is 2.06 bits per heavy atom. The van der Waals surface area contributed by atoms with Gasteiger partial charge in [-0.05, 0) is 25.1 Å². The van der Waals surface area contributed by atoms with Crippen LogP contribution < -0.4 is 10.1 Å². The first-order valence-electron chi connectivity index (χ1n) is 5.58. The number of benzene rings is 1. The molecule has 102 valence electrons. The van der Waals surface area contributed by atoms with Crippen LogP contribution in [0.25, 0.3) is 0 Å². The van der Waals surface area contributed by atoms with E-state index in [9.17, 15) is 13.2 Å². The Kier molecular flexibility index (Phi) is 5.59. The molecule has 2 nitrogen and oxygen atoms in total. The SMILES string of the molecule is CCOc1ccc(NCCC(F)(F)F)cc1CCl. The van der Waals surface area contributed by atoms with Crippen LogP contribution in [0.3, 0.4) is 0 Å². The molecule has 1 N–H and O–H groups in total. The van der Waals surface area contributed by atoms with Crippen LogP contribution in [-0.4, -0.2) is 19.3 Å². The Morgan fingerprint density at radius 3 is 2.61 bits per heavy atom. The largest absolute Gasteiger partial charge is 0.494 e. The third-order valence-corrected chi connectivity index (χ3v) is 2.53. The van der Waals surface area contributed by atoms with E-state index in [-0.39, 0.29) is 12.4 Å². The Bertz CT molecular complexity index is 382. The van der Waals surface area contributed by atoms with Crippen LogP contribution in [0.5, 0.6) is 5.75 Å². The standard InChI is InChI=1S/C12H15ClF3NO/c1-2-18-11-4-3-10(7-9(11)8-13)17-6-5-12(14,15)16/h3-4,7,17H,2,5-6,8H2,1H3. The summed E-state index contributed by atoms with van der Waals surface area (Å²) in [4.78, 5) is 0. The van der Waals surface area contributed by atoms with Crippen molar-refractivity contribution >= 4 is 17.3 Å². The molecule has 1 aromatic rings. The zero-order chi connectivity index (χ0) is 13.6. The van der Waals surface area contributed by atoms with Gasteiger partial charge in [0.1, 0.15) is 5.75 Å². The van der Waals surface area contributed by atoms with Crippen molar-refractivity contribution in [2.45, 2.75) is 25.4 Å². The van der Waals surface area contributed by atoms with Crippen LogP contribution in [0.1, 0.15) is 18.9 Å². The highest BCUT2D eigenvalue weighted by molar-refractivity contribution is 6.17. The molecule has 1 aromatic carbocycles. The van der Waals surface area contributed by atoms with E-state index >= 15 is 0 Å². The lowest BCUT2D eigenvalue weighted by Gasteiger charge is -2.12. The van der Waals surface area contributed by atoms with Crippen LogP contribution in [0, 0.1) is 0 Å². The Hall–Kier alpha value is -1.10. The molecule has 6 heteroatoms. The van der Waals surface area contributed by atoms with Gasteiger partial charge in [-0.15, -0.1) is 11.6 Å². The van der Waals surface area contributed by atoms with Crippen molar-refractivity contribution in [3.63, 3.8) is 0 Å². The van der Waals surface area contributed by atoms with Crippen LogP contribution in [0.4, 0.5) is 18.9 Å². The maximum absolute atomic E-state index is 12.0. The van der Waals surface area contributed by atoms with Gasteiger partial charge >= 0.3 is 6.18 Å². The van der Waals surface area contributed by atoms with Gasteiger partial charge in [0.25, 0.3) is 0 Å². The smallest absolute Gasteiger partial charge is 0.390 e. The molecular formula is C12H15ClF3NO. The fourth-order valence-electron chi connectivity index (χ4n) is 1.44. The molecule has 0 aliphatic carbocycles. The van der Waals surface area contributed by atoms with Gasteiger partial charge < -0.3 is 10.1 Å². The normalized spacial score (nSPS) is 11.4. The maximum Gasteiger partial charge on any atom is 0.390 e. The van der Waals surface area contributed by atoms with Gasteiger partial charge in [0.05, 0.1) is 18.9 Å². The Morgan fingerprint density at radius 1 is 1.33 bits per heavy atom. The minimum atomic E-state index is -4.15. The summed E-state index contributed by atoms with van der Waals surface area (Å²) in [6, 6.07) is 5.09. The lowest BCUT2D eigenvalue weighted by atomic mass is 10.2. The van der Waals surface area contributed by atoms with Crippen molar-refractivity contribution < 1.29 is 17.9 Å². The molecule has 0 bridgehead atoms. The van der Waals surface area contributed by atoms with E-state index in [1.54, 1.807) is 18.2 Å². The van der Waals surface area contributed by atoms with Crippen LogP contribution >= 0.6 is 11.6 Å². The van der Waals surface area contributed by atoms with Crippen molar-refractivity contribution in [1.82, 2.24) is 0 Å². The van der Waals surface area contributed by atoms with Gasteiger partial charge in [-0.3, -0.25) is 0 Å². The van der Waals surface area contributed by atoms with E-state index in [0.717, 1.165) is 5.56 Å². The molecule has 0 spiro atoms. The highest BCUT2D eigenvalue weighted by Gasteiger charge is 2.26. The summed E-state index contributed by atoms with van der Waals surface area (Å²) in [7, 11) is 0. The quantitative estimate of drug-likeness (QED) is 0.790. The van der Waals surface area contributed by atoms with Crippen LogP contribution in [0.15, 0.2) is 18.2 Å². The first-order chi connectivity index (χ1) is 8.46. The minimum Gasteiger partial charge on any atom is -0.494 e. The zero-order valence-corrected chi connectivity index (χ0v) is 10.7. The molecule has 0 saturated heterocycles.